The van der Waals surface area contributed by atoms with Gasteiger partial charge < -0.3 is 15.3 Å². The van der Waals surface area contributed by atoms with Gasteiger partial charge in [-0.3, -0.25) is 0 Å². The van der Waals surface area contributed by atoms with Crippen molar-refractivity contribution in [2.45, 2.75) is 50.5 Å². The third-order valence-corrected chi connectivity index (χ3v) is 8.90. The fourth-order valence-corrected chi connectivity index (χ4v) is 6.79. The number of rotatable bonds is 8. The first-order valence-electron chi connectivity index (χ1n) is 11.4. The Labute approximate surface area is 207 Å². The number of aryl methyl sites for hydroxylation is 2. The number of nitrogens with zero attached hydrogens (tertiary/aromatic N) is 1. The summed E-state index contributed by atoms with van der Waals surface area (Å²) in [5.41, 5.74) is 6.01. The van der Waals surface area contributed by atoms with E-state index in [2.05, 4.69) is 43.1 Å². The van der Waals surface area contributed by atoms with Crippen molar-refractivity contribution in [2.75, 3.05) is 18.0 Å². The summed E-state index contributed by atoms with van der Waals surface area (Å²) < 4.78 is 13.2. The maximum atomic E-state index is 13.2. The Morgan fingerprint density at radius 3 is 2.65 bits per heavy atom. The summed E-state index contributed by atoms with van der Waals surface area (Å²) in [6.07, 6.45) is 2.66. The zero-order valence-electron chi connectivity index (χ0n) is 20.0. The van der Waals surface area contributed by atoms with E-state index in [1.807, 2.05) is 30.3 Å². The molecule has 3 aromatic rings. The van der Waals surface area contributed by atoms with Gasteiger partial charge in [-0.15, -0.1) is 11.3 Å². The van der Waals surface area contributed by atoms with E-state index in [4.69, 9.17) is 5.11 Å². The van der Waals surface area contributed by atoms with Crippen LogP contribution in [0, 0.1) is 20.8 Å². The lowest BCUT2D eigenvalue weighted by Gasteiger charge is -2.34. The zero-order chi connectivity index (χ0) is 24.4. The Kier molecular flexibility index (Phi) is 7.36. The molecule has 0 radical (unpaired) electrons. The molecule has 2 heterocycles. The molecular weight excluding hydrogens is 464 g/mol. The van der Waals surface area contributed by atoms with Crippen LogP contribution in [0.4, 0.5) is 11.4 Å². The second-order valence-corrected chi connectivity index (χ2v) is 11.2. The van der Waals surface area contributed by atoms with E-state index in [-0.39, 0.29) is 0 Å². The molecule has 1 aliphatic heterocycles. The molecule has 4 rings (SSSR count). The molecular formula is C27H30N2O3S2. The van der Waals surface area contributed by atoms with Crippen LogP contribution in [0.5, 0.6) is 0 Å². The third-order valence-electron chi connectivity index (χ3n) is 6.25. The Hall–Kier alpha value is -2.74. The average Bonchev–Trinajstić information content (AvgIpc) is 3.16. The number of fused-ring (bicyclic) bond motifs is 2. The van der Waals surface area contributed by atoms with Gasteiger partial charge in [0.2, 0.25) is 0 Å². The summed E-state index contributed by atoms with van der Waals surface area (Å²) in [5.74, 6) is -0.888. The molecule has 2 aromatic carbocycles. The molecule has 1 unspecified atom stereocenters. The van der Waals surface area contributed by atoms with Crippen molar-refractivity contribution in [1.82, 2.24) is 5.32 Å². The highest BCUT2D eigenvalue weighted by atomic mass is 32.2. The molecule has 0 bridgehead atoms. The maximum absolute atomic E-state index is 13.2. The van der Waals surface area contributed by atoms with E-state index in [1.165, 1.54) is 21.6 Å². The Bertz CT molecular complexity index is 1290. The minimum Gasteiger partial charge on any atom is -0.478 e. The Morgan fingerprint density at radius 2 is 1.88 bits per heavy atom. The number of carbonyl (C=O) groups is 1. The van der Waals surface area contributed by atoms with E-state index in [0.717, 1.165) is 52.1 Å². The maximum Gasteiger partial charge on any atom is 0.331 e. The van der Waals surface area contributed by atoms with Crippen LogP contribution >= 0.6 is 11.3 Å². The number of hydrogen-bond donors (Lipinski definition) is 2. The standard InChI is InChI=1S/C27H30N2O3S2/c1-17-10-11-25-26(20(17)4)29(22-8-5-6-9-24(22)34(25)32)13-7-12-28-16-23-18(2)14-21(33-23)15-19(3)27(30)31/h5-6,8-11,14-15,28H,7,12-13,16H2,1-4H3,(H,30,31)/b19-15+. The fourth-order valence-electron chi connectivity index (χ4n) is 4.20. The lowest BCUT2D eigenvalue weighted by Crippen LogP contribution is -2.28. The molecule has 5 nitrogen and oxygen atoms in total. The molecule has 2 N–H and O–H groups in total. The minimum absolute atomic E-state index is 0.342. The number of para-hydroxylation sites is 1. The number of benzene rings is 2. The highest BCUT2D eigenvalue weighted by Gasteiger charge is 2.29. The molecule has 34 heavy (non-hydrogen) atoms. The van der Waals surface area contributed by atoms with Crippen LogP contribution in [0.25, 0.3) is 6.08 Å². The van der Waals surface area contributed by atoms with Crippen molar-refractivity contribution in [3.63, 3.8) is 0 Å². The van der Waals surface area contributed by atoms with Crippen LogP contribution in [-0.2, 0) is 22.1 Å². The first kappa shape index (κ1) is 24.4. The summed E-state index contributed by atoms with van der Waals surface area (Å²) in [7, 11) is -1.17. The molecule has 7 heteroatoms. The number of carboxylic acids is 1. The minimum atomic E-state index is -1.17. The molecule has 0 fully saturated rings. The number of anilines is 2. The van der Waals surface area contributed by atoms with Crippen LogP contribution in [0.1, 0.15) is 39.8 Å². The normalized spacial score (nSPS) is 15.2. The summed E-state index contributed by atoms with van der Waals surface area (Å²) in [6.45, 7) is 10.3. The van der Waals surface area contributed by atoms with Gasteiger partial charge in [0.05, 0.1) is 32.0 Å². The number of carboxylic acid groups (broad SMARTS) is 1. The van der Waals surface area contributed by atoms with E-state index in [1.54, 1.807) is 24.3 Å². The van der Waals surface area contributed by atoms with Crippen molar-refractivity contribution in [2.24, 2.45) is 0 Å². The van der Waals surface area contributed by atoms with Crippen molar-refractivity contribution in [3.8, 4) is 0 Å². The third kappa shape index (κ3) is 4.87. The summed E-state index contributed by atoms with van der Waals surface area (Å²) in [4.78, 5) is 17.4. The fraction of sp³-hybridized carbons (Fsp3) is 0.296. The highest BCUT2D eigenvalue weighted by molar-refractivity contribution is 7.85. The second kappa shape index (κ2) is 10.3. The largest absolute Gasteiger partial charge is 0.478 e. The quantitative estimate of drug-likeness (QED) is 0.299. The second-order valence-electron chi connectivity index (χ2n) is 8.66. The van der Waals surface area contributed by atoms with Gasteiger partial charge in [0.1, 0.15) is 0 Å². The van der Waals surface area contributed by atoms with Crippen LogP contribution in [0.2, 0.25) is 0 Å². The van der Waals surface area contributed by atoms with Gasteiger partial charge >= 0.3 is 5.97 Å². The van der Waals surface area contributed by atoms with E-state index in [9.17, 15) is 9.00 Å². The molecule has 0 spiro atoms. The van der Waals surface area contributed by atoms with E-state index < -0.39 is 16.8 Å². The van der Waals surface area contributed by atoms with Crippen molar-refractivity contribution >= 4 is 45.6 Å². The van der Waals surface area contributed by atoms with Gasteiger partial charge in [-0.25, -0.2) is 9.00 Å². The first-order chi connectivity index (χ1) is 16.3. The Balaban J connectivity index is 1.44. The lowest BCUT2D eigenvalue weighted by molar-refractivity contribution is -0.132. The average molecular weight is 495 g/mol. The lowest BCUT2D eigenvalue weighted by atomic mass is 10.1. The molecule has 1 atom stereocenters. The van der Waals surface area contributed by atoms with Gasteiger partial charge in [-0.2, -0.15) is 0 Å². The van der Waals surface area contributed by atoms with E-state index >= 15 is 0 Å². The summed E-state index contributed by atoms with van der Waals surface area (Å²) in [5, 5.41) is 12.6. The van der Waals surface area contributed by atoms with Crippen molar-refractivity contribution < 1.29 is 14.1 Å². The van der Waals surface area contributed by atoms with Crippen LogP contribution in [0.3, 0.4) is 0 Å². The molecule has 1 aromatic heterocycles. The number of nitrogens with one attached hydrogen (secondary N) is 1. The smallest absolute Gasteiger partial charge is 0.331 e. The van der Waals surface area contributed by atoms with Gasteiger partial charge in [-0.1, -0.05) is 18.2 Å². The molecule has 1 aliphatic rings. The van der Waals surface area contributed by atoms with Crippen molar-refractivity contribution in [3.05, 3.63) is 74.5 Å². The number of aliphatic carboxylic acids is 1. The van der Waals surface area contributed by atoms with Gasteiger partial charge in [0.25, 0.3) is 0 Å². The highest BCUT2D eigenvalue weighted by Crippen LogP contribution is 2.44. The van der Waals surface area contributed by atoms with E-state index in [0.29, 0.717) is 5.57 Å². The molecule has 0 amide bonds. The first-order valence-corrected chi connectivity index (χ1v) is 13.3. The zero-order valence-corrected chi connectivity index (χ0v) is 21.6. The van der Waals surface area contributed by atoms with Crippen LogP contribution in [-0.4, -0.2) is 28.4 Å². The topological polar surface area (TPSA) is 69.6 Å². The summed E-state index contributed by atoms with van der Waals surface area (Å²) in [6, 6.07) is 14.1. The van der Waals surface area contributed by atoms with Crippen LogP contribution < -0.4 is 10.2 Å². The van der Waals surface area contributed by atoms with Gasteiger partial charge in [-0.05, 0) is 87.7 Å². The molecule has 0 saturated carbocycles. The SMILES string of the molecule is C/C(=C\c1cc(C)c(CNCCCN2c3ccccc3S(=O)c3ccc(C)c(C)c32)s1)C(=O)O. The Morgan fingerprint density at radius 1 is 1.12 bits per heavy atom. The number of thiophene rings is 1. The van der Waals surface area contributed by atoms with Crippen LogP contribution in [0.15, 0.2) is 57.8 Å². The molecule has 0 aliphatic carbocycles. The number of hydrogen-bond acceptors (Lipinski definition) is 5. The van der Waals surface area contributed by atoms with Gasteiger partial charge in [0, 0.05) is 28.4 Å². The molecule has 0 saturated heterocycles. The molecule has 178 valence electrons. The van der Waals surface area contributed by atoms with Gasteiger partial charge in [0.15, 0.2) is 0 Å². The van der Waals surface area contributed by atoms with Crippen molar-refractivity contribution in [1.29, 1.82) is 0 Å². The monoisotopic (exact) mass is 494 g/mol. The predicted molar refractivity (Wildman–Crippen MR) is 141 cm³/mol. The predicted octanol–water partition coefficient (Wildman–Crippen LogP) is 5.96. The summed E-state index contributed by atoms with van der Waals surface area (Å²) >= 11 is 1.63.